The van der Waals surface area contributed by atoms with Crippen molar-refractivity contribution < 1.29 is 4.74 Å². The lowest BCUT2D eigenvalue weighted by Crippen LogP contribution is -2.07. The fourth-order valence-electron chi connectivity index (χ4n) is 1.77. The van der Waals surface area contributed by atoms with Crippen LogP contribution in [0.1, 0.15) is 18.3 Å². The second-order valence-corrected chi connectivity index (χ2v) is 3.97. The van der Waals surface area contributed by atoms with E-state index in [9.17, 15) is 0 Å². The zero-order valence-corrected chi connectivity index (χ0v) is 10.5. The van der Waals surface area contributed by atoms with Gasteiger partial charge in [0.05, 0.1) is 0 Å². The number of aromatic nitrogens is 3. The zero-order valence-electron chi connectivity index (χ0n) is 10.5. The molecule has 1 aromatic heterocycles. The fraction of sp³-hybridized carbons (Fsp3) is 0.385. The molecule has 2 rings (SSSR count). The summed E-state index contributed by atoms with van der Waals surface area (Å²) in [5.41, 5.74) is 6.72. The molecule has 1 heterocycles. The van der Waals surface area contributed by atoms with Crippen LogP contribution in [0.5, 0.6) is 5.75 Å². The maximum atomic E-state index is 5.72. The third-order valence-corrected chi connectivity index (χ3v) is 2.69. The Balaban J connectivity index is 1.99. The van der Waals surface area contributed by atoms with Gasteiger partial charge in [0.2, 0.25) is 0 Å². The van der Waals surface area contributed by atoms with E-state index in [4.69, 9.17) is 10.5 Å². The topological polar surface area (TPSA) is 66.0 Å². The van der Waals surface area contributed by atoms with Crippen LogP contribution in [0.4, 0.5) is 0 Å². The van der Waals surface area contributed by atoms with Crippen molar-refractivity contribution in [2.75, 3.05) is 6.54 Å². The van der Waals surface area contributed by atoms with Crippen molar-refractivity contribution in [1.29, 1.82) is 0 Å². The number of nitrogens with two attached hydrogens (primary N) is 1. The molecular formula is C13H18N4O. The lowest BCUT2D eigenvalue weighted by molar-refractivity contribution is 0.287. The van der Waals surface area contributed by atoms with Gasteiger partial charge in [-0.1, -0.05) is 12.1 Å². The molecule has 5 nitrogen and oxygen atoms in total. The molecule has 0 bridgehead atoms. The van der Waals surface area contributed by atoms with Crippen LogP contribution < -0.4 is 10.5 Å². The average Bonchev–Trinajstić information content (AvgIpc) is 2.84. The molecule has 0 saturated heterocycles. The molecule has 0 saturated carbocycles. The van der Waals surface area contributed by atoms with Crippen molar-refractivity contribution in [3.05, 3.63) is 42.0 Å². The lowest BCUT2D eigenvalue weighted by atomic mass is 10.1. The van der Waals surface area contributed by atoms with Crippen LogP contribution in [-0.4, -0.2) is 21.3 Å². The van der Waals surface area contributed by atoms with E-state index in [1.165, 1.54) is 5.56 Å². The van der Waals surface area contributed by atoms with Crippen LogP contribution in [0, 0.1) is 0 Å². The molecular weight excluding hydrogens is 228 g/mol. The Bertz CT molecular complexity index is 495. The van der Waals surface area contributed by atoms with Crippen molar-refractivity contribution in [3.8, 4) is 5.75 Å². The third kappa shape index (κ3) is 3.07. The number of rotatable bonds is 6. The van der Waals surface area contributed by atoms with E-state index in [0.717, 1.165) is 24.5 Å². The van der Waals surface area contributed by atoms with Crippen LogP contribution in [0.25, 0.3) is 0 Å². The van der Waals surface area contributed by atoms with Gasteiger partial charge in [-0.3, -0.25) is 0 Å². The smallest absolute Gasteiger partial charge is 0.164 e. The van der Waals surface area contributed by atoms with Crippen molar-refractivity contribution in [1.82, 2.24) is 14.8 Å². The van der Waals surface area contributed by atoms with Crippen LogP contribution in [0.15, 0.2) is 30.6 Å². The number of hydrogen-bond donors (Lipinski definition) is 1. The molecule has 5 heteroatoms. The van der Waals surface area contributed by atoms with Gasteiger partial charge >= 0.3 is 0 Å². The molecule has 96 valence electrons. The van der Waals surface area contributed by atoms with Crippen molar-refractivity contribution in [2.45, 2.75) is 26.5 Å². The highest BCUT2D eigenvalue weighted by atomic mass is 16.5. The van der Waals surface area contributed by atoms with Crippen molar-refractivity contribution in [3.63, 3.8) is 0 Å². The number of benzene rings is 1. The van der Waals surface area contributed by atoms with Crippen molar-refractivity contribution in [2.24, 2.45) is 5.73 Å². The Morgan fingerprint density at radius 2 is 2.28 bits per heavy atom. The lowest BCUT2D eigenvalue weighted by Gasteiger charge is -2.08. The van der Waals surface area contributed by atoms with E-state index in [1.54, 1.807) is 6.33 Å². The molecule has 2 aromatic rings. The first-order valence-electron chi connectivity index (χ1n) is 6.12. The molecule has 1 aromatic carbocycles. The maximum Gasteiger partial charge on any atom is 0.164 e. The number of hydrogen-bond acceptors (Lipinski definition) is 4. The SMILES string of the molecule is CCn1ncnc1COc1cccc(CCN)c1. The summed E-state index contributed by atoms with van der Waals surface area (Å²) < 4.78 is 7.54. The van der Waals surface area contributed by atoms with Gasteiger partial charge < -0.3 is 10.5 Å². The van der Waals surface area contributed by atoms with Crippen LogP contribution in [0.2, 0.25) is 0 Å². The van der Waals surface area contributed by atoms with Gasteiger partial charge in [-0.05, 0) is 37.6 Å². The summed E-state index contributed by atoms with van der Waals surface area (Å²) in [4.78, 5) is 4.17. The molecule has 0 fully saturated rings. The maximum absolute atomic E-state index is 5.72. The van der Waals surface area contributed by atoms with Crippen molar-refractivity contribution >= 4 is 0 Å². The minimum atomic E-state index is 0.430. The molecule has 0 radical (unpaired) electrons. The number of nitrogens with zero attached hydrogens (tertiary/aromatic N) is 3. The molecule has 0 spiro atoms. The third-order valence-electron chi connectivity index (χ3n) is 2.69. The highest BCUT2D eigenvalue weighted by Gasteiger charge is 2.03. The summed E-state index contributed by atoms with van der Waals surface area (Å²) in [6.45, 7) is 3.90. The van der Waals surface area contributed by atoms with E-state index >= 15 is 0 Å². The largest absolute Gasteiger partial charge is 0.486 e. The van der Waals surface area contributed by atoms with E-state index < -0.39 is 0 Å². The molecule has 0 unspecified atom stereocenters. The summed E-state index contributed by atoms with van der Waals surface area (Å²) in [7, 11) is 0. The normalized spacial score (nSPS) is 10.6. The summed E-state index contributed by atoms with van der Waals surface area (Å²) >= 11 is 0. The van der Waals surface area contributed by atoms with Gasteiger partial charge in [-0.15, -0.1) is 0 Å². The second kappa shape index (κ2) is 6.16. The van der Waals surface area contributed by atoms with Gasteiger partial charge in [-0.2, -0.15) is 5.10 Å². The summed E-state index contributed by atoms with van der Waals surface area (Å²) in [5.74, 6) is 1.67. The predicted octanol–water partition coefficient (Wildman–Crippen LogP) is 1.38. The van der Waals surface area contributed by atoms with Crippen LogP contribution in [-0.2, 0) is 19.6 Å². The van der Waals surface area contributed by atoms with E-state index in [-0.39, 0.29) is 0 Å². The molecule has 0 aliphatic heterocycles. The quantitative estimate of drug-likeness (QED) is 0.836. The molecule has 18 heavy (non-hydrogen) atoms. The minimum Gasteiger partial charge on any atom is -0.486 e. The highest BCUT2D eigenvalue weighted by Crippen LogP contribution is 2.14. The van der Waals surface area contributed by atoms with Gasteiger partial charge in [0.15, 0.2) is 5.82 Å². The van der Waals surface area contributed by atoms with Crippen LogP contribution >= 0.6 is 0 Å². The van der Waals surface area contributed by atoms with Gasteiger partial charge in [-0.25, -0.2) is 9.67 Å². The zero-order chi connectivity index (χ0) is 12.8. The van der Waals surface area contributed by atoms with Gasteiger partial charge in [0.1, 0.15) is 18.7 Å². The molecule has 2 N–H and O–H groups in total. The van der Waals surface area contributed by atoms with Gasteiger partial charge in [0.25, 0.3) is 0 Å². The minimum absolute atomic E-state index is 0.430. The first-order chi connectivity index (χ1) is 8.83. The van der Waals surface area contributed by atoms with E-state index in [2.05, 4.69) is 10.1 Å². The molecule has 0 aliphatic carbocycles. The summed E-state index contributed by atoms with van der Waals surface area (Å²) in [5, 5.41) is 4.10. The average molecular weight is 246 g/mol. The summed E-state index contributed by atoms with van der Waals surface area (Å²) in [6.07, 6.45) is 2.41. The highest BCUT2D eigenvalue weighted by molar-refractivity contribution is 5.28. The first kappa shape index (κ1) is 12.6. The van der Waals surface area contributed by atoms with Gasteiger partial charge in [0, 0.05) is 6.54 Å². The molecule has 0 aliphatic rings. The Hall–Kier alpha value is -1.88. The Labute approximate surface area is 107 Å². The van der Waals surface area contributed by atoms with Crippen LogP contribution in [0.3, 0.4) is 0 Å². The number of aryl methyl sites for hydroxylation is 1. The molecule has 0 atom stereocenters. The fourth-order valence-corrected chi connectivity index (χ4v) is 1.77. The Morgan fingerprint density at radius 3 is 3.06 bits per heavy atom. The van der Waals surface area contributed by atoms with E-state index in [0.29, 0.717) is 13.2 Å². The first-order valence-corrected chi connectivity index (χ1v) is 6.12. The Kier molecular flexibility index (Phi) is 4.30. The van der Waals surface area contributed by atoms with E-state index in [1.807, 2.05) is 35.9 Å². The standard InChI is InChI=1S/C13H18N4O/c1-2-17-13(15-10-16-17)9-18-12-5-3-4-11(8-12)6-7-14/h3-5,8,10H,2,6-7,9,14H2,1H3. The second-order valence-electron chi connectivity index (χ2n) is 3.97. The molecule has 0 amide bonds. The predicted molar refractivity (Wildman–Crippen MR) is 69.2 cm³/mol. The number of ether oxygens (including phenoxy) is 1. The summed E-state index contributed by atoms with van der Waals surface area (Å²) in [6, 6.07) is 7.98. The monoisotopic (exact) mass is 246 g/mol. The Morgan fingerprint density at radius 1 is 1.39 bits per heavy atom.